The second kappa shape index (κ2) is 9.32. The molecule has 1 fully saturated rings. The number of hydrogen-bond acceptors (Lipinski definition) is 7. The van der Waals surface area contributed by atoms with Gasteiger partial charge >= 0.3 is 6.03 Å². The smallest absolute Gasteiger partial charge is 0.322 e. The van der Waals surface area contributed by atoms with Gasteiger partial charge in [-0.15, -0.1) is 23.1 Å². The molecule has 2 amide bonds. The lowest BCUT2D eigenvalue weighted by molar-refractivity contribution is 0.252. The fraction of sp³-hybridized carbons (Fsp3) is 0.217. The van der Waals surface area contributed by atoms with Crippen LogP contribution >= 0.6 is 23.1 Å². The Morgan fingerprint density at radius 3 is 2.65 bits per heavy atom. The maximum Gasteiger partial charge on any atom is 0.322 e. The predicted octanol–water partition coefficient (Wildman–Crippen LogP) is 4.10. The molecule has 0 radical (unpaired) electrons. The van der Waals surface area contributed by atoms with E-state index >= 15 is 0 Å². The summed E-state index contributed by atoms with van der Waals surface area (Å²) < 4.78 is 33.2. The van der Waals surface area contributed by atoms with Crippen LogP contribution in [0, 0.1) is 12.3 Å². The molecule has 11 heteroatoms. The molecule has 0 saturated carbocycles. The molecule has 1 aliphatic rings. The number of nitrogens with one attached hydrogen (secondary N) is 2. The van der Waals surface area contributed by atoms with E-state index in [9.17, 15) is 13.2 Å². The zero-order valence-electron chi connectivity index (χ0n) is 18.8. The number of amides is 2. The van der Waals surface area contributed by atoms with E-state index in [-0.39, 0.29) is 21.7 Å². The molecule has 8 nitrogen and oxygen atoms in total. The van der Waals surface area contributed by atoms with E-state index in [1.807, 2.05) is 19.1 Å². The number of aryl methyl sites for hydroxylation is 1. The minimum absolute atomic E-state index is 0.125. The highest BCUT2D eigenvalue weighted by Crippen LogP contribution is 2.41. The van der Waals surface area contributed by atoms with Gasteiger partial charge in [0, 0.05) is 24.7 Å². The fourth-order valence-electron chi connectivity index (χ4n) is 3.91. The maximum atomic E-state index is 13.6. The predicted molar refractivity (Wildman–Crippen MR) is 136 cm³/mol. The number of nitrogens with zero attached hydrogens (tertiary/aromatic N) is 1. The van der Waals surface area contributed by atoms with E-state index < -0.39 is 9.84 Å². The van der Waals surface area contributed by atoms with Gasteiger partial charge in [0.1, 0.15) is 11.6 Å². The van der Waals surface area contributed by atoms with E-state index in [4.69, 9.17) is 15.9 Å². The van der Waals surface area contributed by atoms with Crippen molar-refractivity contribution in [3.05, 3.63) is 52.9 Å². The van der Waals surface area contributed by atoms with Gasteiger partial charge in [0.2, 0.25) is 9.84 Å². The number of carbonyl (C=O) groups is 1. The van der Waals surface area contributed by atoms with E-state index in [1.165, 1.54) is 29.2 Å². The minimum atomic E-state index is -3.87. The third-order valence-corrected chi connectivity index (χ3v) is 9.85. The number of urea groups is 1. The molecular weight excluding hydrogens is 492 g/mol. The highest BCUT2D eigenvalue weighted by molar-refractivity contribution is 8.01. The Labute approximate surface area is 206 Å². The average Bonchev–Trinajstić information content (AvgIpc) is 3.45. The number of thioether (sulfide) groups is 1. The topological polar surface area (TPSA) is 126 Å². The zero-order chi connectivity index (χ0) is 24.6. The quantitative estimate of drug-likeness (QED) is 0.247. The van der Waals surface area contributed by atoms with Crippen LogP contribution in [0.5, 0.6) is 5.75 Å². The SMILES string of the molecule is COc1cc(C)c(-c2cccc(S(=O)(=O)c3cc(C(=N)N)sc3SC)c2)c(N2CCNC2=O)c1. The Kier molecular flexibility index (Phi) is 6.61. The third kappa shape index (κ3) is 4.26. The summed E-state index contributed by atoms with van der Waals surface area (Å²) in [6.07, 6.45) is 1.79. The van der Waals surface area contributed by atoms with Gasteiger partial charge in [-0.1, -0.05) is 12.1 Å². The van der Waals surface area contributed by atoms with Crippen LogP contribution in [0.25, 0.3) is 11.1 Å². The van der Waals surface area contributed by atoms with Gasteiger partial charge in [-0.25, -0.2) is 13.2 Å². The first-order valence-electron chi connectivity index (χ1n) is 10.3. The van der Waals surface area contributed by atoms with Gasteiger partial charge < -0.3 is 15.8 Å². The first kappa shape index (κ1) is 24.1. The van der Waals surface area contributed by atoms with Crippen LogP contribution in [-0.2, 0) is 9.84 Å². The van der Waals surface area contributed by atoms with Gasteiger partial charge in [-0.2, -0.15) is 0 Å². The number of rotatable bonds is 7. The monoisotopic (exact) mass is 516 g/mol. The Balaban J connectivity index is 1.87. The van der Waals surface area contributed by atoms with Crippen molar-refractivity contribution in [2.24, 2.45) is 5.73 Å². The van der Waals surface area contributed by atoms with Crippen molar-refractivity contribution in [2.45, 2.75) is 20.9 Å². The fourth-order valence-corrected chi connectivity index (χ4v) is 7.81. The lowest BCUT2D eigenvalue weighted by Crippen LogP contribution is -2.28. The number of methoxy groups -OCH3 is 1. The molecule has 1 aliphatic heterocycles. The Hall–Kier alpha value is -3.02. The molecule has 1 aromatic heterocycles. The summed E-state index contributed by atoms with van der Waals surface area (Å²) in [5, 5.41) is 10.5. The van der Waals surface area contributed by atoms with Crippen LogP contribution < -0.4 is 20.7 Å². The second-order valence-corrected chi connectivity index (χ2v) is 11.7. The van der Waals surface area contributed by atoms with Gasteiger partial charge in [-0.3, -0.25) is 10.3 Å². The highest BCUT2D eigenvalue weighted by atomic mass is 32.2. The molecule has 34 heavy (non-hydrogen) atoms. The summed E-state index contributed by atoms with van der Waals surface area (Å²) in [6.45, 7) is 2.92. The lowest BCUT2D eigenvalue weighted by Gasteiger charge is -2.22. The number of ether oxygens (including phenoxy) is 1. The van der Waals surface area contributed by atoms with Crippen LogP contribution in [0.3, 0.4) is 0 Å². The number of thiophene rings is 1. The van der Waals surface area contributed by atoms with Crippen LogP contribution in [-0.4, -0.2) is 46.7 Å². The first-order chi connectivity index (χ1) is 16.2. The number of hydrogen-bond donors (Lipinski definition) is 3. The summed E-state index contributed by atoms with van der Waals surface area (Å²) >= 11 is 2.49. The van der Waals surface area contributed by atoms with E-state index in [1.54, 1.807) is 42.5 Å². The molecule has 1 saturated heterocycles. The van der Waals surface area contributed by atoms with Crippen LogP contribution in [0.1, 0.15) is 10.4 Å². The lowest BCUT2D eigenvalue weighted by atomic mass is 9.97. The zero-order valence-corrected chi connectivity index (χ0v) is 21.3. The van der Waals surface area contributed by atoms with Crippen LogP contribution in [0.2, 0.25) is 0 Å². The number of nitrogen functional groups attached to an aromatic ring is 1. The molecule has 0 spiro atoms. The third-order valence-electron chi connectivity index (χ3n) is 5.51. The molecule has 178 valence electrons. The number of benzene rings is 2. The highest BCUT2D eigenvalue weighted by Gasteiger charge is 2.28. The summed E-state index contributed by atoms with van der Waals surface area (Å²) in [5.41, 5.74) is 8.53. The van der Waals surface area contributed by atoms with Gasteiger partial charge in [0.05, 0.1) is 31.7 Å². The van der Waals surface area contributed by atoms with Crippen LogP contribution in [0.4, 0.5) is 10.5 Å². The number of amidine groups is 1. The molecule has 0 bridgehead atoms. The van der Waals surface area contributed by atoms with Crippen molar-refractivity contribution in [1.29, 1.82) is 5.41 Å². The Morgan fingerprint density at radius 2 is 2.03 bits per heavy atom. The summed E-state index contributed by atoms with van der Waals surface area (Å²) in [7, 11) is -2.31. The van der Waals surface area contributed by atoms with Crippen molar-refractivity contribution in [3.63, 3.8) is 0 Å². The van der Waals surface area contributed by atoms with Gasteiger partial charge in [0.25, 0.3) is 0 Å². The van der Waals surface area contributed by atoms with E-state index in [2.05, 4.69) is 5.32 Å². The maximum absolute atomic E-state index is 13.6. The van der Waals surface area contributed by atoms with Crippen molar-refractivity contribution in [2.75, 3.05) is 31.4 Å². The van der Waals surface area contributed by atoms with E-state index in [0.29, 0.717) is 39.2 Å². The van der Waals surface area contributed by atoms with Crippen molar-refractivity contribution in [3.8, 4) is 16.9 Å². The minimum Gasteiger partial charge on any atom is -0.497 e. The second-order valence-electron chi connectivity index (χ2n) is 7.63. The Morgan fingerprint density at radius 1 is 1.26 bits per heavy atom. The summed E-state index contributed by atoms with van der Waals surface area (Å²) in [6, 6.07) is 11.6. The van der Waals surface area contributed by atoms with Crippen molar-refractivity contribution in [1.82, 2.24) is 5.32 Å². The van der Waals surface area contributed by atoms with Crippen molar-refractivity contribution >= 4 is 50.5 Å². The molecule has 0 aliphatic carbocycles. The Bertz CT molecular complexity index is 1400. The number of sulfone groups is 1. The van der Waals surface area contributed by atoms with Gasteiger partial charge in [-0.05, 0) is 48.6 Å². The van der Waals surface area contributed by atoms with Crippen LogP contribution in [0.15, 0.2) is 56.5 Å². The largest absolute Gasteiger partial charge is 0.497 e. The number of anilines is 1. The van der Waals surface area contributed by atoms with Gasteiger partial charge in [0.15, 0.2) is 0 Å². The molecule has 0 unspecified atom stereocenters. The molecular formula is C23H24N4O4S3. The molecule has 3 aromatic rings. The van der Waals surface area contributed by atoms with E-state index in [0.717, 1.165) is 11.1 Å². The molecule has 0 atom stereocenters. The number of carbonyl (C=O) groups excluding carboxylic acids is 1. The average molecular weight is 517 g/mol. The van der Waals surface area contributed by atoms with Crippen molar-refractivity contribution < 1.29 is 17.9 Å². The summed E-state index contributed by atoms with van der Waals surface area (Å²) in [4.78, 5) is 14.8. The normalized spacial score (nSPS) is 13.7. The molecule has 4 N–H and O–H groups in total. The first-order valence-corrected chi connectivity index (χ1v) is 13.8. The molecule has 2 aromatic carbocycles. The number of nitrogens with two attached hydrogens (primary N) is 1. The molecule has 2 heterocycles. The summed E-state index contributed by atoms with van der Waals surface area (Å²) in [5.74, 6) is 0.442. The molecule has 4 rings (SSSR count). The standard InChI is InChI=1S/C23H24N4O4S3/c1-13-9-15(31-2)11-17(27-8-7-26-23(27)28)20(13)14-5-4-6-16(10-14)34(29,30)19-12-18(21(24)25)33-22(19)32-3/h4-6,9-12H,7-8H2,1-3H3,(H3,24,25)(H,26,28).